The van der Waals surface area contributed by atoms with Crippen LogP contribution >= 0.6 is 0 Å². The summed E-state index contributed by atoms with van der Waals surface area (Å²) in [6.45, 7) is 0. The number of imidazole rings is 2. The first-order valence-electron chi connectivity index (χ1n) is 21.5. The van der Waals surface area contributed by atoms with E-state index in [4.69, 9.17) is 4.74 Å². The molecule has 18 heteroatoms. The molecule has 0 aliphatic heterocycles. The third-order valence-electron chi connectivity index (χ3n) is 11.9. The van der Waals surface area contributed by atoms with Gasteiger partial charge in [0.25, 0.3) is 0 Å². The quantitative estimate of drug-likeness (QED) is 0.0567. The summed E-state index contributed by atoms with van der Waals surface area (Å²) in [6.07, 6.45) is 9.15. The first-order valence-corrected chi connectivity index (χ1v) is 21.5. The molecule has 330 valence electrons. The number of fused-ring (bicyclic) bond motifs is 4. The van der Waals surface area contributed by atoms with E-state index < -0.39 is 17.0 Å². The molecule has 2 aliphatic carbocycles. The Hall–Kier alpha value is -9.06. The van der Waals surface area contributed by atoms with Gasteiger partial charge in [0.2, 0.25) is 11.9 Å². The maximum atomic E-state index is 12.2. The standard InChI is InChI=1S/C25H21N7O2.C24H19N7O2/c1-34-23(33)25(10-11-25)32-22-20-21(28-14-27-20)30-24(31-22)29-16-7-8-19-18(13-16)17(9-12-26-19)15-5-3-2-4-6-15;32-22(33)24(9-10-24)31-21-19-20(27-13-26-19)29-23(30-21)28-15-6-7-18-17(12-15)16(8-11-25-18)14-4-2-1-3-5-14/h2-9,12-14H,10-11H2,1H3,(H3,27,28,29,30,31,32);1-8,11-13H,9-10H2,(H,32,33)(H3,26,27,28,29,30,31). The van der Waals surface area contributed by atoms with Gasteiger partial charge in [-0.1, -0.05) is 60.7 Å². The fourth-order valence-electron chi connectivity index (χ4n) is 8.08. The molecule has 0 spiro atoms. The highest BCUT2D eigenvalue weighted by molar-refractivity contribution is 5.98. The lowest BCUT2D eigenvalue weighted by Crippen LogP contribution is -2.33. The number of hydrogen-bond acceptors (Lipinski definition) is 15. The van der Waals surface area contributed by atoms with Gasteiger partial charge < -0.3 is 41.1 Å². The van der Waals surface area contributed by atoms with Crippen molar-refractivity contribution in [3.8, 4) is 22.3 Å². The second kappa shape index (κ2) is 16.5. The zero-order valence-electron chi connectivity index (χ0n) is 35.8. The number of aliphatic carboxylic acids is 1. The van der Waals surface area contributed by atoms with Gasteiger partial charge in [0, 0.05) is 34.5 Å². The minimum atomic E-state index is -0.983. The molecule has 10 aromatic rings. The van der Waals surface area contributed by atoms with Gasteiger partial charge in [-0.25, -0.2) is 19.6 Å². The second-order valence-corrected chi connectivity index (χ2v) is 16.4. The van der Waals surface area contributed by atoms with Gasteiger partial charge in [-0.05, 0) is 96.5 Å². The van der Waals surface area contributed by atoms with E-state index in [0.29, 0.717) is 71.5 Å². The average molecular weight is 889 g/mol. The molecule has 7 N–H and O–H groups in total. The number of benzene rings is 4. The number of aromatic nitrogens is 10. The Morgan fingerprint density at radius 1 is 0.582 bits per heavy atom. The molecule has 2 aliphatic rings. The van der Waals surface area contributed by atoms with Crippen LogP contribution in [0.3, 0.4) is 0 Å². The van der Waals surface area contributed by atoms with E-state index in [2.05, 4.69) is 95.4 Å². The van der Waals surface area contributed by atoms with Gasteiger partial charge in [0.15, 0.2) is 22.9 Å². The number of esters is 1. The molecule has 12 rings (SSSR count). The lowest BCUT2D eigenvalue weighted by Gasteiger charge is -2.16. The summed E-state index contributed by atoms with van der Waals surface area (Å²) >= 11 is 0. The first-order chi connectivity index (χ1) is 32.8. The molecule has 6 aromatic heterocycles. The highest BCUT2D eigenvalue weighted by atomic mass is 16.5. The van der Waals surface area contributed by atoms with Crippen molar-refractivity contribution >= 4 is 91.0 Å². The molecule has 67 heavy (non-hydrogen) atoms. The summed E-state index contributed by atoms with van der Waals surface area (Å²) in [5, 5.41) is 24.4. The SMILES string of the molecule is COC(=O)C1(Nc2nc(Nc3ccc4nccc(-c5ccccc5)c4c3)nc3nc[nH]c23)CC1.O=C(O)C1(Nc2nc(Nc3ccc4nccc(-c5ccccc5)c4c3)nc3nc[nH]c23)CC1. The number of H-pyrrole nitrogens is 2. The van der Waals surface area contributed by atoms with Gasteiger partial charge in [-0.3, -0.25) is 9.97 Å². The van der Waals surface area contributed by atoms with Crippen LogP contribution < -0.4 is 21.3 Å². The van der Waals surface area contributed by atoms with E-state index in [1.807, 2.05) is 91.1 Å². The van der Waals surface area contributed by atoms with E-state index in [9.17, 15) is 14.7 Å². The van der Waals surface area contributed by atoms with Crippen molar-refractivity contribution in [2.45, 2.75) is 36.8 Å². The highest BCUT2D eigenvalue weighted by Crippen LogP contribution is 2.42. The number of rotatable bonds is 12. The Bertz CT molecular complexity index is 3500. The molecule has 2 saturated carbocycles. The number of ether oxygens (including phenoxy) is 1. The van der Waals surface area contributed by atoms with Gasteiger partial charge >= 0.3 is 11.9 Å². The fraction of sp³-hybridized carbons (Fsp3) is 0.143. The normalized spacial score (nSPS) is 14.2. The van der Waals surface area contributed by atoms with Crippen molar-refractivity contribution in [2.24, 2.45) is 0 Å². The van der Waals surface area contributed by atoms with Crippen molar-refractivity contribution in [1.29, 1.82) is 0 Å². The van der Waals surface area contributed by atoms with Crippen LogP contribution in [-0.4, -0.2) is 85.1 Å². The second-order valence-electron chi connectivity index (χ2n) is 16.4. The summed E-state index contributed by atoms with van der Waals surface area (Å²) in [6, 6.07) is 36.2. The molecule has 2 fully saturated rings. The number of methoxy groups -OCH3 is 1. The topological polar surface area (TPSA) is 246 Å². The lowest BCUT2D eigenvalue weighted by atomic mass is 10.0. The number of nitrogens with zero attached hydrogens (tertiary/aromatic N) is 8. The summed E-state index contributed by atoms with van der Waals surface area (Å²) < 4.78 is 4.97. The van der Waals surface area contributed by atoms with E-state index in [0.717, 1.165) is 55.4 Å². The predicted octanol–water partition coefficient (Wildman–Crippen LogP) is 8.77. The van der Waals surface area contributed by atoms with Gasteiger partial charge in [0.1, 0.15) is 22.1 Å². The molecule has 0 bridgehead atoms. The average Bonchev–Trinajstić information content (AvgIpc) is 4.21. The number of anilines is 6. The highest BCUT2D eigenvalue weighted by Gasteiger charge is 2.52. The van der Waals surface area contributed by atoms with E-state index >= 15 is 0 Å². The van der Waals surface area contributed by atoms with Crippen LogP contribution in [-0.2, 0) is 14.3 Å². The zero-order valence-corrected chi connectivity index (χ0v) is 35.8. The lowest BCUT2D eigenvalue weighted by molar-refractivity contribution is -0.142. The molecule has 0 saturated heterocycles. The van der Waals surface area contributed by atoms with Crippen LogP contribution in [0.15, 0.2) is 134 Å². The number of hydrogen-bond donors (Lipinski definition) is 7. The number of nitrogens with one attached hydrogen (secondary N) is 6. The van der Waals surface area contributed by atoms with Gasteiger partial charge in [0.05, 0.1) is 30.8 Å². The first kappa shape index (κ1) is 40.7. The van der Waals surface area contributed by atoms with Crippen LogP contribution in [0.25, 0.3) is 66.4 Å². The van der Waals surface area contributed by atoms with Crippen molar-refractivity contribution < 1.29 is 19.4 Å². The molecule has 0 unspecified atom stereocenters. The van der Waals surface area contributed by atoms with E-state index in [-0.39, 0.29) is 5.97 Å². The Kier molecular flexibility index (Phi) is 10.0. The largest absolute Gasteiger partial charge is 0.480 e. The zero-order chi connectivity index (χ0) is 45.5. The number of carboxylic acids is 1. The smallest absolute Gasteiger partial charge is 0.331 e. The van der Waals surface area contributed by atoms with E-state index in [1.165, 1.54) is 13.4 Å². The molecule has 18 nitrogen and oxygen atoms in total. The number of carboxylic acid groups (broad SMARTS) is 1. The van der Waals surface area contributed by atoms with Crippen LogP contribution in [0, 0.1) is 0 Å². The molecule has 4 aromatic carbocycles. The molecule has 0 radical (unpaired) electrons. The van der Waals surface area contributed by atoms with Crippen LogP contribution in [0.5, 0.6) is 0 Å². The molecule has 0 amide bonds. The number of aromatic amines is 2. The summed E-state index contributed by atoms with van der Waals surface area (Å²) in [4.78, 5) is 65.7. The Morgan fingerprint density at radius 3 is 1.48 bits per heavy atom. The number of carbonyl (C=O) groups excluding carboxylic acids is 1. The van der Waals surface area contributed by atoms with Crippen molar-refractivity contribution in [3.05, 3.63) is 134 Å². The third kappa shape index (κ3) is 7.96. The maximum Gasteiger partial charge on any atom is 0.331 e. The van der Waals surface area contributed by atoms with Gasteiger partial charge in [-0.2, -0.15) is 19.9 Å². The Morgan fingerprint density at radius 2 is 1.04 bits per heavy atom. The molecule has 0 atom stereocenters. The summed E-state index contributed by atoms with van der Waals surface area (Å²) in [5.74, 6) is 0.408. The fourth-order valence-corrected chi connectivity index (χ4v) is 8.08. The van der Waals surface area contributed by atoms with Crippen LogP contribution in [0.4, 0.5) is 34.9 Å². The third-order valence-corrected chi connectivity index (χ3v) is 11.9. The van der Waals surface area contributed by atoms with Gasteiger partial charge in [-0.15, -0.1) is 0 Å². The summed E-state index contributed by atoms with van der Waals surface area (Å²) in [5.41, 5.74) is 8.17. The minimum Gasteiger partial charge on any atom is -0.480 e. The monoisotopic (exact) mass is 888 g/mol. The summed E-state index contributed by atoms with van der Waals surface area (Å²) in [7, 11) is 1.39. The van der Waals surface area contributed by atoms with Crippen molar-refractivity contribution in [3.63, 3.8) is 0 Å². The Balaban J connectivity index is 0.000000148. The minimum absolute atomic E-state index is 0.302. The van der Waals surface area contributed by atoms with Crippen molar-refractivity contribution in [2.75, 3.05) is 28.4 Å². The molecular formula is C49H40N14O4. The predicted molar refractivity (Wildman–Crippen MR) is 255 cm³/mol. The van der Waals surface area contributed by atoms with E-state index in [1.54, 1.807) is 12.5 Å². The molecular weight excluding hydrogens is 849 g/mol. The molecule has 6 heterocycles. The number of carbonyl (C=O) groups is 2. The van der Waals surface area contributed by atoms with Crippen LogP contribution in [0.2, 0.25) is 0 Å². The maximum absolute atomic E-state index is 12.2. The van der Waals surface area contributed by atoms with Crippen LogP contribution in [0.1, 0.15) is 25.7 Å². The van der Waals surface area contributed by atoms with Crippen molar-refractivity contribution in [1.82, 2.24) is 49.8 Å². The number of pyridine rings is 2. The Labute approximate surface area is 380 Å².